The molecule has 6 aromatic carbocycles. The van der Waals surface area contributed by atoms with Crippen molar-refractivity contribution in [3.8, 4) is 0 Å². The molecule has 0 aliphatic carbocycles. The Morgan fingerprint density at radius 2 is 0.761 bits per heavy atom. The number of carbonyl (C=O) groups is 3. The number of carboxylic acid groups (broad SMARTS) is 3. The number of aromatic carboxylic acids is 3. The maximum absolute atomic E-state index is 10.8. The summed E-state index contributed by atoms with van der Waals surface area (Å²) < 4.78 is 1.45. The molecule has 0 fully saturated rings. The predicted molar refractivity (Wildman–Crippen MR) is 187 cm³/mol. The minimum absolute atomic E-state index is 0.359. The van der Waals surface area contributed by atoms with Gasteiger partial charge in [0.1, 0.15) is 0 Å². The van der Waals surface area contributed by atoms with Crippen molar-refractivity contribution in [1.29, 1.82) is 0 Å². The third-order valence-electron chi connectivity index (χ3n) is 7.09. The molecule has 0 saturated heterocycles. The van der Waals surface area contributed by atoms with Gasteiger partial charge in [0, 0.05) is 0 Å². The topological polar surface area (TPSA) is 112 Å². The molecule has 0 spiro atoms. The number of fused-ring (bicyclic) bond motifs is 3. The minimum atomic E-state index is -0.878. The monoisotopic (exact) mass is 721 g/mol. The second kappa shape index (κ2) is 19.0. The molecule has 0 saturated carbocycles. The standard InChI is InChI=1S/3C11H8O2.C6H13.Sn/c3*12-11(13)10-7-3-5-8-4-1-2-6-9(8)10;1-3-5-6-4-2;/h3*1-7H,(H,12,13);1,3-6H2,2H3;. The molecule has 6 nitrogen and oxygen atoms in total. The smallest absolute Gasteiger partial charge is 0.336 e. The maximum Gasteiger partial charge on any atom is 0.336 e. The Labute approximate surface area is 282 Å². The van der Waals surface area contributed by atoms with Gasteiger partial charge in [-0.25, -0.2) is 14.4 Å². The van der Waals surface area contributed by atoms with E-state index in [0.717, 1.165) is 32.3 Å². The van der Waals surface area contributed by atoms with Crippen molar-refractivity contribution >= 4 is 72.8 Å². The molecule has 0 aliphatic heterocycles. The van der Waals surface area contributed by atoms with Crippen molar-refractivity contribution in [3.05, 3.63) is 144 Å². The van der Waals surface area contributed by atoms with Gasteiger partial charge in [0.05, 0.1) is 16.7 Å². The molecule has 6 rings (SSSR count). The Hall–Kier alpha value is -4.69. The molecule has 0 atom stereocenters. The van der Waals surface area contributed by atoms with Gasteiger partial charge < -0.3 is 15.3 Å². The Morgan fingerprint density at radius 1 is 0.457 bits per heavy atom. The van der Waals surface area contributed by atoms with Crippen LogP contribution in [0, 0.1) is 0 Å². The molecule has 0 heterocycles. The molecule has 233 valence electrons. The first-order valence-electron chi connectivity index (χ1n) is 15.1. The Kier molecular flexibility index (Phi) is 14.8. The van der Waals surface area contributed by atoms with Gasteiger partial charge in [-0.2, -0.15) is 0 Å². The summed E-state index contributed by atoms with van der Waals surface area (Å²) in [6.07, 6.45) is 5.73. The minimum Gasteiger partial charge on any atom is -0.478 e. The van der Waals surface area contributed by atoms with E-state index in [1.807, 2.05) is 91.0 Å². The predicted octanol–water partition coefficient (Wildman–Crippen LogP) is 9.77. The molecule has 0 aliphatic rings. The molecule has 46 heavy (non-hydrogen) atoms. The summed E-state index contributed by atoms with van der Waals surface area (Å²) in [5.41, 5.74) is 1.08. The fourth-order valence-electron chi connectivity index (χ4n) is 4.79. The molecule has 0 unspecified atom stereocenters. The number of unbranched alkanes of at least 4 members (excludes halogenated alkanes) is 3. The zero-order valence-electron chi connectivity index (χ0n) is 25.7. The Balaban J connectivity index is 0.000000171. The van der Waals surface area contributed by atoms with Crippen LogP contribution >= 0.6 is 0 Å². The van der Waals surface area contributed by atoms with Crippen LogP contribution in [0.1, 0.15) is 63.7 Å². The second-order valence-electron chi connectivity index (χ2n) is 10.3. The van der Waals surface area contributed by atoms with Crippen LogP contribution in [0.3, 0.4) is 0 Å². The van der Waals surface area contributed by atoms with Crippen molar-refractivity contribution in [3.63, 3.8) is 0 Å². The largest absolute Gasteiger partial charge is 0.478 e. The first kappa shape index (κ1) is 35.8. The van der Waals surface area contributed by atoms with Crippen molar-refractivity contribution < 1.29 is 29.7 Å². The summed E-state index contributed by atoms with van der Waals surface area (Å²) in [6, 6.07) is 38.2. The van der Waals surface area contributed by atoms with Crippen LogP contribution in [-0.2, 0) is 0 Å². The Bertz CT molecular complexity index is 1670. The average molecular weight is 720 g/mol. The van der Waals surface area contributed by atoms with E-state index < -0.39 is 17.9 Å². The Morgan fingerprint density at radius 3 is 1.04 bits per heavy atom. The van der Waals surface area contributed by atoms with E-state index in [4.69, 9.17) is 15.3 Å². The summed E-state index contributed by atoms with van der Waals surface area (Å²) >= 11 is 1.70. The molecule has 0 amide bonds. The molecule has 3 N–H and O–H groups in total. The van der Waals surface area contributed by atoms with Gasteiger partial charge in [-0.15, -0.1) is 0 Å². The van der Waals surface area contributed by atoms with Gasteiger partial charge in [-0.3, -0.25) is 0 Å². The van der Waals surface area contributed by atoms with Crippen molar-refractivity contribution in [2.45, 2.75) is 37.0 Å². The first-order chi connectivity index (χ1) is 22.3. The fourth-order valence-corrected chi connectivity index (χ4v) is 5.50. The van der Waals surface area contributed by atoms with Crippen LogP contribution in [0.5, 0.6) is 0 Å². The zero-order valence-corrected chi connectivity index (χ0v) is 28.6. The summed E-state index contributed by atoms with van der Waals surface area (Å²) in [5, 5.41) is 31.9. The quantitative estimate of drug-likeness (QED) is 0.112. The maximum atomic E-state index is 10.8. The summed E-state index contributed by atoms with van der Waals surface area (Å²) in [7, 11) is 0. The van der Waals surface area contributed by atoms with Crippen molar-refractivity contribution in [2.75, 3.05) is 0 Å². The van der Waals surface area contributed by atoms with Gasteiger partial charge in [0.15, 0.2) is 0 Å². The second-order valence-corrected chi connectivity index (χ2v) is 11.7. The number of hydrogen-bond acceptors (Lipinski definition) is 3. The van der Waals surface area contributed by atoms with E-state index in [1.54, 1.807) is 58.9 Å². The first-order valence-corrected chi connectivity index (χ1v) is 17.1. The van der Waals surface area contributed by atoms with Crippen molar-refractivity contribution in [1.82, 2.24) is 0 Å². The van der Waals surface area contributed by atoms with E-state index in [9.17, 15) is 14.4 Å². The van der Waals surface area contributed by atoms with Crippen molar-refractivity contribution in [2.24, 2.45) is 0 Å². The zero-order chi connectivity index (χ0) is 33.3. The number of carboxylic acids is 3. The van der Waals surface area contributed by atoms with E-state index in [-0.39, 0.29) is 0 Å². The van der Waals surface area contributed by atoms with Crippen LogP contribution in [-0.4, -0.2) is 55.8 Å². The average Bonchev–Trinajstić information content (AvgIpc) is 3.08. The summed E-state index contributed by atoms with van der Waals surface area (Å²) in [4.78, 5) is 32.4. The van der Waals surface area contributed by atoms with E-state index >= 15 is 0 Å². The third-order valence-corrected chi connectivity index (χ3v) is 8.10. The fraction of sp³-hybridized carbons (Fsp3) is 0.154. The van der Waals surface area contributed by atoms with Gasteiger partial charge in [0.2, 0.25) is 0 Å². The van der Waals surface area contributed by atoms with Crippen LogP contribution in [0.4, 0.5) is 0 Å². The van der Waals surface area contributed by atoms with Gasteiger partial charge in [-0.1, -0.05) is 109 Å². The van der Waals surface area contributed by atoms with Gasteiger partial charge in [0.25, 0.3) is 0 Å². The van der Waals surface area contributed by atoms with Crippen LogP contribution < -0.4 is 0 Å². The van der Waals surface area contributed by atoms with Gasteiger partial charge >= 0.3 is 77.5 Å². The molecular weight excluding hydrogens is 683 g/mol. The third kappa shape index (κ3) is 10.4. The van der Waals surface area contributed by atoms with E-state index in [1.165, 1.54) is 30.1 Å². The molecule has 7 heteroatoms. The normalized spacial score (nSPS) is 10.0. The van der Waals surface area contributed by atoms with Crippen LogP contribution in [0.25, 0.3) is 32.3 Å². The van der Waals surface area contributed by atoms with Crippen LogP contribution in [0.2, 0.25) is 4.44 Å². The molecular formula is C39H37O6Sn. The molecule has 0 bridgehead atoms. The summed E-state index contributed by atoms with van der Waals surface area (Å²) in [6.45, 7) is 2.25. The van der Waals surface area contributed by atoms with Crippen LogP contribution in [0.15, 0.2) is 127 Å². The number of benzene rings is 6. The molecule has 0 aromatic heterocycles. The SMILES string of the molecule is CCCCC[CH2][Sn].O=C(O)c1cccc2ccccc12.O=C(O)c1cccc2ccccc12.O=C(O)c1cccc2ccccc12. The number of rotatable bonds is 7. The van der Waals surface area contributed by atoms with Gasteiger partial charge in [-0.05, 0) is 50.5 Å². The van der Waals surface area contributed by atoms with E-state index in [2.05, 4.69) is 6.92 Å². The molecule has 6 aromatic rings. The number of hydrogen-bond donors (Lipinski definition) is 3. The molecule has 3 radical (unpaired) electrons. The summed E-state index contributed by atoms with van der Waals surface area (Å²) in [5.74, 6) is -2.63. The van der Waals surface area contributed by atoms with E-state index in [0.29, 0.717) is 16.7 Å².